The number of hydrazone groups is 1. The van der Waals surface area contributed by atoms with Gasteiger partial charge >= 0.3 is 0 Å². The first-order valence-electron chi connectivity index (χ1n) is 4.19. The van der Waals surface area contributed by atoms with E-state index in [-0.39, 0.29) is 27.7 Å². The van der Waals surface area contributed by atoms with Crippen molar-refractivity contribution in [3.05, 3.63) is 36.8 Å². The maximum absolute atomic E-state index is 11.1. The summed E-state index contributed by atoms with van der Waals surface area (Å²) in [5.41, 5.74) is 20.4. The van der Waals surface area contributed by atoms with Gasteiger partial charge in [-0.2, -0.15) is 0 Å². The molecular weight excluding hydrogens is 244 g/mol. The van der Waals surface area contributed by atoms with Gasteiger partial charge in [0, 0.05) is 31.2 Å². The highest BCUT2D eigenvalue weighted by atomic mass is 16.3. The molecule has 18 heavy (non-hydrogen) atoms. The van der Waals surface area contributed by atoms with Crippen LogP contribution in [-0.4, -0.2) is 22.4 Å². The fourth-order valence-electron chi connectivity index (χ4n) is 1.17. The Labute approximate surface area is 96.9 Å². The van der Waals surface area contributed by atoms with Gasteiger partial charge in [0.2, 0.25) is 5.84 Å². The molecule has 88 valence electrons. The van der Waals surface area contributed by atoms with E-state index in [1.165, 1.54) is 0 Å². The highest BCUT2D eigenvalue weighted by molar-refractivity contribution is 6.07. The average molecular weight is 246 g/mol. The summed E-state index contributed by atoms with van der Waals surface area (Å²) in [4.78, 5) is 16.9. The monoisotopic (exact) mass is 246 g/mol. The number of fused-ring (bicyclic) bond motifs is 1. The van der Waals surface area contributed by atoms with Crippen LogP contribution in [-0.2, 0) is 0 Å². The molecule has 2 heterocycles. The Kier molecular flexibility index (Phi) is 2.59. The lowest BCUT2D eigenvalue weighted by molar-refractivity contribution is -0.632. The maximum Gasteiger partial charge on any atom is 0.200 e. The summed E-state index contributed by atoms with van der Waals surface area (Å²) in [6, 6.07) is 0. The first-order chi connectivity index (χ1) is 8.65. The van der Waals surface area contributed by atoms with Gasteiger partial charge in [-0.05, 0) is 16.2 Å². The summed E-state index contributed by atoms with van der Waals surface area (Å²) >= 11 is 0. The number of hydrogen-bond donors (Lipinski definition) is 0. The molecule has 13 heteroatoms. The number of aromatic nitrogens is 3. The van der Waals surface area contributed by atoms with E-state index in [4.69, 9.17) is 11.1 Å². The Morgan fingerprint density at radius 1 is 1.33 bits per heavy atom. The molecule has 0 atom stereocenters. The SMILES string of the molecule is C=[N+]1N=C(N=[N+]=[N-])c2c(N=[N+]=[N-])n[n+](=O)[n-]c2[N-]1. The van der Waals surface area contributed by atoms with Gasteiger partial charge in [-0.3, -0.25) is 0 Å². The van der Waals surface area contributed by atoms with Crippen LogP contribution in [0, 0.1) is 4.91 Å². The molecule has 0 amide bonds. The smallest absolute Gasteiger partial charge is 0.200 e. The van der Waals surface area contributed by atoms with Crippen LogP contribution in [0.1, 0.15) is 5.56 Å². The van der Waals surface area contributed by atoms with Crippen LogP contribution in [0.5, 0.6) is 0 Å². The van der Waals surface area contributed by atoms with Crippen LogP contribution in [0.25, 0.3) is 26.3 Å². The number of amidine groups is 1. The standard InChI is InChI=1S/C5H2N12O/c1-16-10-3(8-14-6)2-4(9-15-7)12-17(18)13-5(2)11-16/h1H2. The van der Waals surface area contributed by atoms with Crippen molar-refractivity contribution in [1.82, 2.24) is 10.2 Å². The second kappa shape index (κ2) is 4.21. The van der Waals surface area contributed by atoms with Crippen LogP contribution in [0.4, 0.5) is 11.6 Å². The molecule has 0 N–H and O–H groups in total. The van der Waals surface area contributed by atoms with Crippen molar-refractivity contribution in [2.75, 3.05) is 0 Å². The molecule has 0 radical (unpaired) electrons. The minimum absolute atomic E-state index is 0.0439. The molecule has 0 unspecified atom stereocenters. The highest BCUT2D eigenvalue weighted by Crippen LogP contribution is 2.30. The first-order valence-corrected chi connectivity index (χ1v) is 4.19. The molecule has 0 bridgehead atoms. The van der Waals surface area contributed by atoms with Crippen molar-refractivity contribution in [1.29, 1.82) is 0 Å². The van der Waals surface area contributed by atoms with Crippen LogP contribution in [0.3, 0.4) is 0 Å². The Bertz CT molecular complexity index is 712. The number of nitrogens with zero attached hydrogens (tertiary/aromatic N) is 12. The third-order valence-electron chi connectivity index (χ3n) is 1.73. The summed E-state index contributed by atoms with van der Waals surface area (Å²) < 4.78 is -0.0841. The molecular formula is C5H2N12O. The van der Waals surface area contributed by atoms with Gasteiger partial charge in [-0.15, -0.1) is 0 Å². The van der Waals surface area contributed by atoms with E-state index < -0.39 is 0 Å². The fourth-order valence-corrected chi connectivity index (χ4v) is 1.17. The number of azide groups is 2. The summed E-state index contributed by atoms with van der Waals surface area (Å²) in [7, 11) is 0. The van der Waals surface area contributed by atoms with Crippen molar-refractivity contribution < 1.29 is 9.45 Å². The summed E-state index contributed by atoms with van der Waals surface area (Å²) in [6.45, 7) is 3.35. The molecule has 0 aliphatic carbocycles. The van der Waals surface area contributed by atoms with Gasteiger partial charge in [0.15, 0.2) is 6.72 Å². The number of hydrogen-bond acceptors (Lipinski definition) is 5. The van der Waals surface area contributed by atoms with Gasteiger partial charge in [-0.25, -0.2) is 15.6 Å². The number of rotatable bonds is 1. The van der Waals surface area contributed by atoms with Crippen molar-refractivity contribution in [3.8, 4) is 0 Å². The highest BCUT2D eigenvalue weighted by Gasteiger charge is 2.18. The lowest BCUT2D eigenvalue weighted by Crippen LogP contribution is -2.29. The van der Waals surface area contributed by atoms with Crippen LogP contribution >= 0.6 is 0 Å². The fraction of sp³-hybridized carbons (Fsp3) is 0. The van der Waals surface area contributed by atoms with Gasteiger partial charge in [0.05, 0.1) is 10.5 Å². The van der Waals surface area contributed by atoms with Crippen molar-refractivity contribution in [2.24, 2.45) is 15.3 Å². The first kappa shape index (κ1) is 11.1. The quantitative estimate of drug-likeness (QED) is 0.304. The molecule has 0 aromatic carbocycles. The minimum atomic E-state index is -0.347. The molecule has 0 fully saturated rings. The van der Waals surface area contributed by atoms with E-state index in [2.05, 4.69) is 47.5 Å². The Balaban J connectivity index is 2.82. The zero-order valence-electron chi connectivity index (χ0n) is 8.48. The van der Waals surface area contributed by atoms with Crippen molar-refractivity contribution in [2.45, 2.75) is 0 Å². The topological polar surface area (TPSA) is 177 Å². The molecule has 13 nitrogen and oxygen atoms in total. The zero-order chi connectivity index (χ0) is 13.1. The molecule has 1 aliphatic rings. The summed E-state index contributed by atoms with van der Waals surface area (Å²) in [5.74, 6) is -0.726. The van der Waals surface area contributed by atoms with E-state index in [1.54, 1.807) is 0 Å². The molecule has 1 aromatic heterocycles. The summed E-state index contributed by atoms with van der Waals surface area (Å²) in [6.07, 6.45) is 0. The predicted molar refractivity (Wildman–Crippen MR) is 55.8 cm³/mol. The van der Waals surface area contributed by atoms with Gasteiger partial charge < -0.3 is 0 Å². The molecule has 1 aromatic rings. The zero-order valence-corrected chi connectivity index (χ0v) is 8.48. The van der Waals surface area contributed by atoms with E-state index in [1.807, 2.05) is 0 Å². The summed E-state index contributed by atoms with van der Waals surface area (Å²) in [5, 5.41) is 16.8. The molecule has 0 spiro atoms. The second-order valence-corrected chi connectivity index (χ2v) is 2.75. The Hall–Kier alpha value is -3.43. The maximum atomic E-state index is 11.1. The van der Waals surface area contributed by atoms with Gasteiger partial charge in [-0.1, -0.05) is 9.91 Å². The van der Waals surface area contributed by atoms with E-state index in [0.717, 1.165) is 4.79 Å². The third-order valence-corrected chi connectivity index (χ3v) is 1.73. The van der Waals surface area contributed by atoms with Gasteiger partial charge in [0.1, 0.15) is 0 Å². The Morgan fingerprint density at radius 3 is 2.72 bits per heavy atom. The molecule has 0 saturated carbocycles. The molecule has 0 saturated heterocycles. The third kappa shape index (κ3) is 1.80. The lowest BCUT2D eigenvalue weighted by Gasteiger charge is -2.18. The predicted octanol–water partition coefficient (Wildman–Crippen LogP) is 0.514. The second-order valence-electron chi connectivity index (χ2n) is 2.75. The normalized spacial score (nSPS) is 12.4. The van der Waals surface area contributed by atoms with Crippen LogP contribution < -0.4 is 9.76 Å². The molecule has 1 aliphatic heterocycles. The molecule has 2 rings (SSSR count). The van der Waals surface area contributed by atoms with Crippen LogP contribution in [0.15, 0.2) is 15.3 Å². The van der Waals surface area contributed by atoms with Crippen LogP contribution in [0.2, 0.25) is 0 Å². The minimum Gasteiger partial charge on any atom is -0.238 e. The Morgan fingerprint density at radius 2 is 2.06 bits per heavy atom. The average Bonchev–Trinajstić information content (AvgIpc) is 2.28. The van der Waals surface area contributed by atoms with E-state index in [9.17, 15) is 4.91 Å². The van der Waals surface area contributed by atoms with Crippen molar-refractivity contribution >= 4 is 24.2 Å². The largest absolute Gasteiger partial charge is 0.238 e. The van der Waals surface area contributed by atoms with Crippen molar-refractivity contribution in [3.63, 3.8) is 0 Å². The van der Waals surface area contributed by atoms with E-state index >= 15 is 0 Å². The van der Waals surface area contributed by atoms with Gasteiger partial charge in [0.25, 0.3) is 0 Å². The lowest BCUT2D eigenvalue weighted by atomic mass is 10.2. The van der Waals surface area contributed by atoms with E-state index in [0.29, 0.717) is 0 Å².